The molecule has 1 saturated carbocycles. The molecule has 19 heavy (non-hydrogen) atoms. The zero-order valence-electron chi connectivity index (χ0n) is 11.4. The summed E-state index contributed by atoms with van der Waals surface area (Å²) in [4.78, 5) is 0. The van der Waals surface area contributed by atoms with Crippen molar-refractivity contribution in [3.05, 3.63) is 48.3 Å². The number of hydrogen-bond donors (Lipinski definition) is 1. The van der Waals surface area contributed by atoms with E-state index in [2.05, 4.69) is 41.6 Å². The lowest BCUT2D eigenvalue weighted by molar-refractivity contribution is 0.448. The fraction of sp³-hybridized carbons (Fsp3) is 0.438. The van der Waals surface area contributed by atoms with E-state index in [1.807, 2.05) is 23.1 Å². The third kappa shape index (κ3) is 2.87. The summed E-state index contributed by atoms with van der Waals surface area (Å²) in [7, 11) is 0. The molecule has 0 saturated heterocycles. The van der Waals surface area contributed by atoms with Gasteiger partial charge in [-0.3, -0.25) is 0 Å². The Labute approximate surface area is 114 Å². The highest BCUT2D eigenvalue weighted by molar-refractivity contribution is 5.40. The van der Waals surface area contributed by atoms with Crippen LogP contribution >= 0.6 is 0 Å². The van der Waals surface area contributed by atoms with E-state index in [-0.39, 0.29) is 0 Å². The maximum atomic E-state index is 4.33. The van der Waals surface area contributed by atoms with Crippen molar-refractivity contribution in [1.29, 1.82) is 0 Å². The lowest BCUT2D eigenvalue weighted by Crippen LogP contribution is -2.30. The summed E-state index contributed by atoms with van der Waals surface area (Å²) in [6.07, 6.45) is 7.83. The highest BCUT2D eigenvalue weighted by atomic mass is 15.3. The molecular weight excluding hydrogens is 234 g/mol. The summed E-state index contributed by atoms with van der Waals surface area (Å²) >= 11 is 0. The van der Waals surface area contributed by atoms with Crippen LogP contribution in [0.5, 0.6) is 0 Å². The maximum Gasteiger partial charge on any atom is 0.0690 e. The average Bonchev–Trinajstić information content (AvgIpc) is 3.14. The molecule has 3 nitrogen and oxygen atoms in total. The average molecular weight is 255 g/mol. The normalized spacial score (nSPS) is 16.5. The largest absolute Gasteiger partial charge is 0.310 e. The molecule has 0 aliphatic heterocycles. The van der Waals surface area contributed by atoms with Crippen molar-refractivity contribution < 1.29 is 0 Å². The maximum absolute atomic E-state index is 4.33. The first-order valence-corrected chi connectivity index (χ1v) is 7.19. The van der Waals surface area contributed by atoms with Crippen molar-refractivity contribution in [3.63, 3.8) is 0 Å². The van der Waals surface area contributed by atoms with Crippen LogP contribution in [0.1, 0.15) is 31.7 Å². The molecule has 0 spiro atoms. The molecule has 2 aromatic rings. The van der Waals surface area contributed by atoms with Gasteiger partial charge in [-0.15, -0.1) is 0 Å². The summed E-state index contributed by atoms with van der Waals surface area (Å²) in [5.74, 6) is 0.905. The van der Waals surface area contributed by atoms with Crippen LogP contribution in [0.2, 0.25) is 0 Å². The summed E-state index contributed by atoms with van der Waals surface area (Å²) in [5.41, 5.74) is 2.48. The van der Waals surface area contributed by atoms with Crippen molar-refractivity contribution in [3.8, 4) is 5.69 Å². The summed E-state index contributed by atoms with van der Waals surface area (Å²) in [5, 5.41) is 8.04. The van der Waals surface area contributed by atoms with Gasteiger partial charge >= 0.3 is 0 Å². The van der Waals surface area contributed by atoms with Crippen molar-refractivity contribution in [2.75, 3.05) is 0 Å². The Balaban J connectivity index is 1.73. The van der Waals surface area contributed by atoms with Crippen LogP contribution in [0.3, 0.4) is 0 Å². The first-order valence-electron chi connectivity index (χ1n) is 7.19. The zero-order valence-corrected chi connectivity index (χ0v) is 11.4. The number of benzene rings is 1. The topological polar surface area (TPSA) is 29.9 Å². The van der Waals surface area contributed by atoms with Crippen LogP contribution in [0.15, 0.2) is 42.7 Å². The van der Waals surface area contributed by atoms with Crippen molar-refractivity contribution in [1.82, 2.24) is 15.1 Å². The van der Waals surface area contributed by atoms with Gasteiger partial charge in [-0.1, -0.05) is 25.1 Å². The molecule has 1 unspecified atom stereocenters. The molecule has 3 rings (SSSR count). The highest BCUT2D eigenvalue weighted by Gasteiger charge is 2.29. The van der Waals surface area contributed by atoms with E-state index in [1.165, 1.54) is 30.5 Å². The first-order chi connectivity index (χ1) is 9.38. The van der Waals surface area contributed by atoms with E-state index < -0.39 is 0 Å². The van der Waals surface area contributed by atoms with E-state index >= 15 is 0 Å². The smallest absolute Gasteiger partial charge is 0.0690 e. The lowest BCUT2D eigenvalue weighted by Gasteiger charge is -2.17. The number of nitrogens with zero attached hydrogens (tertiary/aromatic N) is 2. The van der Waals surface area contributed by atoms with Gasteiger partial charge in [0.05, 0.1) is 5.69 Å². The monoisotopic (exact) mass is 255 g/mol. The number of para-hydroxylation sites is 1. The fourth-order valence-corrected chi connectivity index (χ4v) is 2.68. The van der Waals surface area contributed by atoms with Gasteiger partial charge in [0.1, 0.15) is 0 Å². The van der Waals surface area contributed by atoms with Crippen LogP contribution < -0.4 is 5.32 Å². The van der Waals surface area contributed by atoms with Gasteiger partial charge in [0, 0.05) is 25.0 Å². The molecule has 1 atom stereocenters. The van der Waals surface area contributed by atoms with Crippen LogP contribution in [-0.4, -0.2) is 15.8 Å². The Morgan fingerprint density at radius 2 is 2.16 bits per heavy atom. The van der Waals surface area contributed by atoms with Gasteiger partial charge in [0.2, 0.25) is 0 Å². The summed E-state index contributed by atoms with van der Waals surface area (Å²) in [6, 6.07) is 11.1. The van der Waals surface area contributed by atoms with Crippen LogP contribution in [-0.2, 0) is 6.54 Å². The van der Waals surface area contributed by atoms with Crippen LogP contribution in [0, 0.1) is 5.92 Å². The number of rotatable bonds is 6. The van der Waals surface area contributed by atoms with E-state index in [1.54, 1.807) is 0 Å². The third-order valence-corrected chi connectivity index (χ3v) is 3.93. The van der Waals surface area contributed by atoms with E-state index in [4.69, 9.17) is 0 Å². The molecule has 1 aromatic carbocycles. The number of nitrogens with one attached hydrogen (secondary N) is 1. The molecular formula is C16H21N3. The Bertz CT molecular complexity index is 515. The van der Waals surface area contributed by atoms with E-state index in [9.17, 15) is 0 Å². The van der Waals surface area contributed by atoms with Crippen molar-refractivity contribution >= 4 is 0 Å². The minimum atomic E-state index is 0.672. The molecule has 100 valence electrons. The van der Waals surface area contributed by atoms with E-state index in [0.29, 0.717) is 6.04 Å². The second-order valence-corrected chi connectivity index (χ2v) is 5.31. The predicted molar refractivity (Wildman–Crippen MR) is 77.2 cm³/mol. The molecule has 0 bridgehead atoms. The van der Waals surface area contributed by atoms with Crippen molar-refractivity contribution in [2.45, 2.75) is 38.8 Å². The molecule has 1 aliphatic carbocycles. The van der Waals surface area contributed by atoms with Crippen LogP contribution in [0.4, 0.5) is 0 Å². The molecule has 0 radical (unpaired) electrons. The molecule has 0 amide bonds. The molecule has 1 aliphatic rings. The zero-order chi connectivity index (χ0) is 13.1. The van der Waals surface area contributed by atoms with Gasteiger partial charge in [0.15, 0.2) is 0 Å². The van der Waals surface area contributed by atoms with Gasteiger partial charge in [-0.05, 0) is 42.9 Å². The Hall–Kier alpha value is -1.61. The molecule has 1 aromatic heterocycles. The molecule has 1 fully saturated rings. The first kappa shape index (κ1) is 12.4. The minimum Gasteiger partial charge on any atom is -0.310 e. The Morgan fingerprint density at radius 1 is 1.32 bits per heavy atom. The van der Waals surface area contributed by atoms with Gasteiger partial charge in [-0.2, -0.15) is 5.10 Å². The number of aromatic nitrogens is 2. The predicted octanol–water partition coefficient (Wildman–Crippen LogP) is 3.15. The number of hydrogen-bond acceptors (Lipinski definition) is 2. The minimum absolute atomic E-state index is 0.672. The fourth-order valence-electron chi connectivity index (χ4n) is 2.68. The Kier molecular flexibility index (Phi) is 3.65. The van der Waals surface area contributed by atoms with Crippen molar-refractivity contribution in [2.24, 2.45) is 5.92 Å². The lowest BCUT2D eigenvalue weighted by atomic mass is 10.1. The van der Waals surface area contributed by atoms with Gasteiger partial charge in [-0.25, -0.2) is 4.68 Å². The van der Waals surface area contributed by atoms with Gasteiger partial charge in [0.25, 0.3) is 0 Å². The Morgan fingerprint density at radius 3 is 2.84 bits per heavy atom. The quantitative estimate of drug-likeness (QED) is 0.859. The standard InChI is InChI=1S/C16H21N3/c1-2-15(13-8-9-13)17-12-14-6-3-4-7-16(14)19-11-5-10-18-19/h3-7,10-11,13,15,17H,2,8-9,12H2,1H3. The summed E-state index contributed by atoms with van der Waals surface area (Å²) < 4.78 is 1.94. The second kappa shape index (κ2) is 5.57. The summed E-state index contributed by atoms with van der Waals surface area (Å²) in [6.45, 7) is 3.19. The second-order valence-electron chi connectivity index (χ2n) is 5.31. The third-order valence-electron chi connectivity index (χ3n) is 3.93. The van der Waals surface area contributed by atoms with E-state index in [0.717, 1.165) is 12.5 Å². The van der Waals surface area contributed by atoms with Gasteiger partial charge < -0.3 is 5.32 Å². The molecule has 1 heterocycles. The highest BCUT2D eigenvalue weighted by Crippen LogP contribution is 2.34. The molecule has 3 heteroatoms. The molecule has 1 N–H and O–H groups in total. The van der Waals surface area contributed by atoms with Crippen LogP contribution in [0.25, 0.3) is 5.69 Å². The SMILES string of the molecule is CCC(NCc1ccccc1-n1cccn1)C1CC1.